The summed E-state index contributed by atoms with van der Waals surface area (Å²) in [5.41, 5.74) is 1.51. The molecule has 7 heteroatoms. The molecule has 4 rings (SSSR count). The summed E-state index contributed by atoms with van der Waals surface area (Å²) in [5.74, 6) is 1.57. The zero-order valence-electron chi connectivity index (χ0n) is 14.0. The molecule has 2 heterocycles. The molecule has 25 heavy (non-hydrogen) atoms. The standard InChI is InChI=1S/C18H19N5O2/c1-2-23(14-6-4-3-5-7-14)16(24)11-22-10-15(19-12-22)17-20-18(25-21-17)13-8-9-13/h3-7,10,12-13H,2,8-9,11H2,1H3. The number of benzene rings is 1. The van der Waals surface area contributed by atoms with Gasteiger partial charge in [-0.1, -0.05) is 23.4 Å². The van der Waals surface area contributed by atoms with Gasteiger partial charge in [0.25, 0.3) is 0 Å². The average Bonchev–Trinajstić information content (AvgIpc) is 3.17. The fraction of sp³-hybridized carbons (Fsp3) is 0.333. The molecular formula is C18H19N5O2. The van der Waals surface area contributed by atoms with Crippen molar-refractivity contribution in [2.75, 3.05) is 11.4 Å². The van der Waals surface area contributed by atoms with Crippen LogP contribution in [0.4, 0.5) is 5.69 Å². The van der Waals surface area contributed by atoms with Crippen LogP contribution in [0.25, 0.3) is 11.5 Å². The highest BCUT2D eigenvalue weighted by Crippen LogP contribution is 2.39. The first kappa shape index (κ1) is 15.6. The van der Waals surface area contributed by atoms with Crippen molar-refractivity contribution in [2.45, 2.75) is 32.2 Å². The van der Waals surface area contributed by atoms with Crippen LogP contribution in [0.2, 0.25) is 0 Å². The predicted octanol–water partition coefficient (Wildman–Crippen LogP) is 2.86. The molecule has 7 nitrogen and oxygen atoms in total. The zero-order chi connectivity index (χ0) is 17.2. The second-order valence-electron chi connectivity index (χ2n) is 6.14. The summed E-state index contributed by atoms with van der Waals surface area (Å²) >= 11 is 0. The Hall–Kier alpha value is -2.96. The van der Waals surface area contributed by atoms with Crippen molar-refractivity contribution >= 4 is 11.6 Å². The van der Waals surface area contributed by atoms with Gasteiger partial charge < -0.3 is 14.0 Å². The van der Waals surface area contributed by atoms with Crippen molar-refractivity contribution in [1.82, 2.24) is 19.7 Å². The molecule has 1 aromatic carbocycles. The quantitative estimate of drug-likeness (QED) is 0.691. The molecule has 0 atom stereocenters. The monoisotopic (exact) mass is 337 g/mol. The molecule has 128 valence electrons. The van der Waals surface area contributed by atoms with Gasteiger partial charge in [-0.05, 0) is 31.9 Å². The molecule has 1 saturated carbocycles. The second-order valence-corrected chi connectivity index (χ2v) is 6.14. The van der Waals surface area contributed by atoms with Gasteiger partial charge in [-0.25, -0.2) is 4.98 Å². The Labute approximate surface area is 145 Å². The third-order valence-corrected chi connectivity index (χ3v) is 4.23. The molecule has 0 saturated heterocycles. The highest BCUT2D eigenvalue weighted by Gasteiger charge is 2.30. The number of hydrogen-bond acceptors (Lipinski definition) is 5. The van der Waals surface area contributed by atoms with Crippen molar-refractivity contribution in [3.63, 3.8) is 0 Å². The van der Waals surface area contributed by atoms with Crippen LogP contribution >= 0.6 is 0 Å². The SMILES string of the molecule is CCN(C(=O)Cn1cnc(-c2noc(C3CC3)n2)c1)c1ccccc1. The molecule has 0 bridgehead atoms. The highest BCUT2D eigenvalue weighted by atomic mass is 16.5. The van der Waals surface area contributed by atoms with Crippen LogP contribution in [0, 0.1) is 0 Å². The number of likely N-dealkylation sites (N-methyl/N-ethyl adjacent to an activating group) is 1. The van der Waals surface area contributed by atoms with Crippen LogP contribution in [-0.4, -0.2) is 32.1 Å². The van der Waals surface area contributed by atoms with Gasteiger partial charge in [0.15, 0.2) is 0 Å². The molecular weight excluding hydrogens is 318 g/mol. The van der Waals surface area contributed by atoms with E-state index in [1.807, 2.05) is 37.3 Å². The van der Waals surface area contributed by atoms with Gasteiger partial charge in [0.05, 0.1) is 6.33 Å². The number of nitrogens with zero attached hydrogens (tertiary/aromatic N) is 5. The van der Waals surface area contributed by atoms with Crippen molar-refractivity contribution in [2.24, 2.45) is 0 Å². The number of para-hydroxylation sites is 1. The lowest BCUT2D eigenvalue weighted by Gasteiger charge is -2.21. The maximum Gasteiger partial charge on any atom is 0.246 e. The molecule has 3 aromatic rings. The van der Waals surface area contributed by atoms with Gasteiger partial charge in [-0.2, -0.15) is 4.98 Å². The molecule has 0 spiro atoms. The minimum atomic E-state index is 0.00410. The van der Waals surface area contributed by atoms with Crippen molar-refractivity contribution in [3.05, 3.63) is 48.7 Å². The average molecular weight is 337 g/mol. The van der Waals surface area contributed by atoms with E-state index in [0.717, 1.165) is 18.5 Å². The zero-order valence-corrected chi connectivity index (χ0v) is 14.0. The molecule has 2 aromatic heterocycles. The van der Waals surface area contributed by atoms with E-state index < -0.39 is 0 Å². The highest BCUT2D eigenvalue weighted by molar-refractivity contribution is 5.93. The summed E-state index contributed by atoms with van der Waals surface area (Å²) in [5, 5.41) is 3.98. The normalized spacial score (nSPS) is 13.8. The van der Waals surface area contributed by atoms with Crippen LogP contribution in [0.1, 0.15) is 31.6 Å². The van der Waals surface area contributed by atoms with Crippen LogP contribution in [0.3, 0.4) is 0 Å². The van der Waals surface area contributed by atoms with E-state index in [4.69, 9.17) is 4.52 Å². The Morgan fingerprint density at radius 1 is 1.32 bits per heavy atom. The minimum absolute atomic E-state index is 0.00410. The first-order valence-corrected chi connectivity index (χ1v) is 8.45. The number of imidazole rings is 1. The fourth-order valence-corrected chi connectivity index (χ4v) is 2.75. The number of carbonyl (C=O) groups is 1. The van der Waals surface area contributed by atoms with E-state index in [0.29, 0.717) is 29.9 Å². The molecule has 1 fully saturated rings. The maximum atomic E-state index is 12.6. The minimum Gasteiger partial charge on any atom is -0.339 e. The van der Waals surface area contributed by atoms with Gasteiger partial charge in [0.1, 0.15) is 12.2 Å². The van der Waals surface area contributed by atoms with E-state index >= 15 is 0 Å². The van der Waals surface area contributed by atoms with Gasteiger partial charge in [-0.15, -0.1) is 0 Å². The van der Waals surface area contributed by atoms with Crippen molar-refractivity contribution in [3.8, 4) is 11.5 Å². The molecule has 1 aliphatic rings. The van der Waals surface area contributed by atoms with Crippen LogP contribution < -0.4 is 4.90 Å². The Bertz CT molecular complexity index is 866. The summed E-state index contributed by atoms with van der Waals surface area (Å²) in [6, 6.07) is 9.65. The smallest absolute Gasteiger partial charge is 0.246 e. The summed E-state index contributed by atoms with van der Waals surface area (Å²) in [6.45, 7) is 2.78. The third kappa shape index (κ3) is 3.31. The first-order chi connectivity index (χ1) is 12.2. The molecule has 0 aliphatic heterocycles. The lowest BCUT2D eigenvalue weighted by Crippen LogP contribution is -2.33. The summed E-state index contributed by atoms with van der Waals surface area (Å²) in [4.78, 5) is 23.1. The van der Waals surface area contributed by atoms with E-state index in [2.05, 4.69) is 15.1 Å². The van der Waals surface area contributed by atoms with Crippen LogP contribution in [-0.2, 0) is 11.3 Å². The lowest BCUT2D eigenvalue weighted by molar-refractivity contribution is -0.119. The van der Waals surface area contributed by atoms with Crippen LogP contribution in [0.5, 0.6) is 0 Å². The van der Waals surface area contributed by atoms with E-state index in [-0.39, 0.29) is 12.5 Å². The van der Waals surface area contributed by atoms with Crippen molar-refractivity contribution in [1.29, 1.82) is 0 Å². The van der Waals surface area contributed by atoms with Gasteiger partial charge >= 0.3 is 0 Å². The van der Waals surface area contributed by atoms with Gasteiger partial charge in [0.2, 0.25) is 17.6 Å². The largest absolute Gasteiger partial charge is 0.339 e. The van der Waals surface area contributed by atoms with E-state index in [1.165, 1.54) is 0 Å². The Morgan fingerprint density at radius 2 is 2.12 bits per heavy atom. The summed E-state index contributed by atoms with van der Waals surface area (Å²) in [6.07, 6.45) is 5.62. The lowest BCUT2D eigenvalue weighted by atomic mass is 10.3. The molecule has 0 N–H and O–H groups in total. The van der Waals surface area contributed by atoms with E-state index in [1.54, 1.807) is 22.0 Å². The number of aromatic nitrogens is 4. The number of rotatable bonds is 6. The summed E-state index contributed by atoms with van der Waals surface area (Å²) in [7, 11) is 0. The predicted molar refractivity (Wildman–Crippen MR) is 92.0 cm³/mol. The molecule has 1 amide bonds. The third-order valence-electron chi connectivity index (χ3n) is 4.23. The Balaban J connectivity index is 1.47. The Morgan fingerprint density at radius 3 is 2.84 bits per heavy atom. The number of amides is 1. The Kier molecular flexibility index (Phi) is 4.05. The van der Waals surface area contributed by atoms with Gasteiger partial charge in [0, 0.05) is 24.3 Å². The number of hydrogen-bond donors (Lipinski definition) is 0. The number of anilines is 1. The molecule has 1 aliphatic carbocycles. The fourth-order valence-electron chi connectivity index (χ4n) is 2.75. The first-order valence-electron chi connectivity index (χ1n) is 8.45. The van der Waals surface area contributed by atoms with Crippen LogP contribution in [0.15, 0.2) is 47.4 Å². The van der Waals surface area contributed by atoms with Gasteiger partial charge in [-0.3, -0.25) is 4.79 Å². The van der Waals surface area contributed by atoms with E-state index in [9.17, 15) is 4.79 Å². The maximum absolute atomic E-state index is 12.6. The molecule has 0 unspecified atom stereocenters. The van der Waals surface area contributed by atoms with Crippen molar-refractivity contribution < 1.29 is 9.32 Å². The second kappa shape index (κ2) is 6.51. The number of carbonyl (C=O) groups excluding carboxylic acids is 1. The molecule has 0 radical (unpaired) electrons. The summed E-state index contributed by atoms with van der Waals surface area (Å²) < 4.78 is 7.01. The topological polar surface area (TPSA) is 77.0 Å².